The Hall–Kier alpha value is -1.84. The highest BCUT2D eigenvalue weighted by Crippen LogP contribution is 2.16. The van der Waals surface area contributed by atoms with Crippen molar-refractivity contribution < 1.29 is 14.3 Å². The van der Waals surface area contributed by atoms with Crippen molar-refractivity contribution in [2.24, 2.45) is 0 Å². The van der Waals surface area contributed by atoms with Crippen LogP contribution in [0.25, 0.3) is 0 Å². The van der Waals surface area contributed by atoms with Gasteiger partial charge < -0.3 is 10.1 Å². The van der Waals surface area contributed by atoms with E-state index in [1.807, 2.05) is 0 Å². The second-order valence-corrected chi connectivity index (χ2v) is 2.39. The van der Waals surface area contributed by atoms with Crippen LogP contribution < -0.4 is 10.1 Å². The molecule has 0 saturated heterocycles. The van der Waals surface area contributed by atoms with E-state index < -0.39 is 0 Å². The number of hydrogen-bond donors (Lipinski definition) is 1. The number of nitrogens with one attached hydrogen (secondary N) is 1. The molecule has 1 aromatic carbocycles. The molecule has 1 N–H and O–H groups in total. The van der Waals surface area contributed by atoms with Gasteiger partial charge in [0.15, 0.2) is 0 Å². The fourth-order valence-corrected chi connectivity index (χ4v) is 0.889. The fraction of sp³-hybridized carbons (Fsp3) is 0.111. The van der Waals surface area contributed by atoms with Crippen LogP contribution in [0.2, 0.25) is 0 Å². The Morgan fingerprint density at radius 3 is 2.92 bits per heavy atom. The molecule has 0 bridgehead atoms. The molecular weight excluding hydrogens is 170 g/mol. The Morgan fingerprint density at radius 1 is 1.54 bits per heavy atom. The van der Waals surface area contributed by atoms with Gasteiger partial charge in [0.25, 0.3) is 0 Å². The molecule has 0 spiro atoms. The van der Waals surface area contributed by atoms with Crippen LogP contribution in [-0.2, 0) is 9.59 Å². The molecule has 0 atom stereocenters. The molecule has 1 amide bonds. The maximum absolute atomic E-state index is 10.7. The summed E-state index contributed by atoms with van der Waals surface area (Å²) in [5.74, 6) is 0.175. The smallest absolute Gasteiger partial charge is 0.418 e. The molecule has 0 fully saturated rings. The van der Waals surface area contributed by atoms with Gasteiger partial charge in [-0.3, -0.25) is 4.79 Å². The molecule has 4 nitrogen and oxygen atoms in total. The summed E-state index contributed by atoms with van der Waals surface area (Å²) in [6, 6.07) is 6.49. The Balaban J connectivity index is 2.78. The van der Waals surface area contributed by atoms with Crippen LogP contribution in [-0.4, -0.2) is 12.4 Å². The van der Waals surface area contributed by atoms with E-state index in [2.05, 4.69) is 10.1 Å². The number of hydrogen-bond acceptors (Lipinski definition) is 3. The predicted molar refractivity (Wildman–Crippen MR) is 47.1 cm³/mol. The summed E-state index contributed by atoms with van der Waals surface area (Å²) in [6.45, 7) is 2.70. The molecule has 1 radical (unpaired) electrons. The lowest BCUT2D eigenvalue weighted by atomic mass is 10.3. The third-order valence-electron chi connectivity index (χ3n) is 1.31. The molecular formula is C9H8NO3. The van der Waals surface area contributed by atoms with Crippen LogP contribution in [0.1, 0.15) is 6.92 Å². The summed E-state index contributed by atoms with van der Waals surface area (Å²) in [4.78, 5) is 20.5. The van der Waals surface area contributed by atoms with Gasteiger partial charge in [-0.1, -0.05) is 6.07 Å². The quantitative estimate of drug-likeness (QED) is 0.753. The van der Waals surface area contributed by atoms with Gasteiger partial charge in [0.05, 0.1) is 0 Å². The van der Waals surface area contributed by atoms with E-state index in [0.717, 1.165) is 0 Å². The zero-order valence-electron chi connectivity index (χ0n) is 7.03. The van der Waals surface area contributed by atoms with Crippen molar-refractivity contribution in [2.75, 3.05) is 5.32 Å². The summed E-state index contributed by atoms with van der Waals surface area (Å²) in [5.41, 5.74) is 0.584. The first kappa shape index (κ1) is 9.25. The van der Waals surface area contributed by atoms with E-state index in [0.29, 0.717) is 11.4 Å². The van der Waals surface area contributed by atoms with Crippen LogP contribution in [0, 0.1) is 0 Å². The van der Waals surface area contributed by atoms with Crippen LogP contribution >= 0.6 is 0 Å². The van der Waals surface area contributed by atoms with Gasteiger partial charge in [0.1, 0.15) is 5.75 Å². The molecule has 0 aliphatic heterocycles. The van der Waals surface area contributed by atoms with Gasteiger partial charge in [0, 0.05) is 18.7 Å². The lowest BCUT2D eigenvalue weighted by Crippen LogP contribution is -2.05. The first-order valence-electron chi connectivity index (χ1n) is 3.64. The molecule has 1 rings (SSSR count). The first-order valence-corrected chi connectivity index (χ1v) is 3.64. The van der Waals surface area contributed by atoms with E-state index in [1.165, 1.54) is 19.5 Å². The van der Waals surface area contributed by atoms with E-state index in [4.69, 9.17) is 0 Å². The van der Waals surface area contributed by atoms with E-state index >= 15 is 0 Å². The molecule has 13 heavy (non-hydrogen) atoms. The minimum absolute atomic E-state index is 0.174. The molecule has 0 aliphatic carbocycles. The highest BCUT2D eigenvalue weighted by Gasteiger charge is 1.97. The summed E-state index contributed by atoms with van der Waals surface area (Å²) in [6.07, 6.45) is 0. The van der Waals surface area contributed by atoms with Crippen LogP contribution in [0.3, 0.4) is 0 Å². The summed E-state index contributed by atoms with van der Waals surface area (Å²) in [5, 5.41) is 2.55. The molecule has 67 valence electrons. The number of anilines is 1. The number of rotatable bonds is 3. The van der Waals surface area contributed by atoms with Crippen molar-refractivity contribution in [1.29, 1.82) is 0 Å². The minimum atomic E-state index is -0.174. The van der Waals surface area contributed by atoms with Gasteiger partial charge >= 0.3 is 6.47 Å². The second kappa shape index (κ2) is 4.25. The van der Waals surface area contributed by atoms with Crippen LogP contribution in [0.4, 0.5) is 5.69 Å². The topological polar surface area (TPSA) is 55.4 Å². The number of ether oxygens (including phenoxy) is 1. The monoisotopic (exact) mass is 178 g/mol. The van der Waals surface area contributed by atoms with Gasteiger partial charge in [-0.05, 0) is 12.1 Å². The van der Waals surface area contributed by atoms with Crippen molar-refractivity contribution in [1.82, 2.24) is 0 Å². The standard InChI is InChI=1S/C9H8NO3/c1-7(12)10-8-3-2-4-9(5-8)13-6-11/h2-5H,1H3,(H,10,12). The molecule has 0 heterocycles. The Bertz CT molecular complexity index is 322. The molecule has 4 heteroatoms. The third-order valence-corrected chi connectivity index (χ3v) is 1.31. The Morgan fingerprint density at radius 2 is 2.31 bits per heavy atom. The van der Waals surface area contributed by atoms with Crippen molar-refractivity contribution in [3.05, 3.63) is 24.3 Å². The zero-order valence-corrected chi connectivity index (χ0v) is 7.03. The van der Waals surface area contributed by atoms with Gasteiger partial charge in [-0.2, -0.15) is 0 Å². The second-order valence-electron chi connectivity index (χ2n) is 2.39. The van der Waals surface area contributed by atoms with E-state index in [-0.39, 0.29) is 5.91 Å². The average Bonchev–Trinajstić information content (AvgIpc) is 2.04. The minimum Gasteiger partial charge on any atom is -0.418 e. The molecule has 1 aromatic rings. The van der Waals surface area contributed by atoms with Crippen molar-refractivity contribution in [3.63, 3.8) is 0 Å². The fourth-order valence-electron chi connectivity index (χ4n) is 0.889. The highest BCUT2D eigenvalue weighted by atomic mass is 16.5. The predicted octanol–water partition coefficient (Wildman–Crippen LogP) is 1.09. The van der Waals surface area contributed by atoms with Crippen molar-refractivity contribution in [3.8, 4) is 5.75 Å². The maximum atomic E-state index is 10.7. The third kappa shape index (κ3) is 2.94. The van der Waals surface area contributed by atoms with Crippen molar-refractivity contribution >= 4 is 18.1 Å². The number of amides is 1. The largest absolute Gasteiger partial charge is 0.423 e. The first-order chi connectivity index (χ1) is 6.22. The van der Waals surface area contributed by atoms with Crippen LogP contribution in [0.15, 0.2) is 24.3 Å². The maximum Gasteiger partial charge on any atom is 0.423 e. The lowest BCUT2D eigenvalue weighted by molar-refractivity contribution is -0.114. The summed E-state index contributed by atoms with van der Waals surface area (Å²) >= 11 is 0. The molecule has 0 aromatic heterocycles. The highest BCUT2D eigenvalue weighted by molar-refractivity contribution is 5.88. The average molecular weight is 178 g/mol. The number of benzene rings is 1. The van der Waals surface area contributed by atoms with Crippen molar-refractivity contribution in [2.45, 2.75) is 6.92 Å². The lowest BCUT2D eigenvalue weighted by Gasteiger charge is -2.02. The van der Waals surface area contributed by atoms with E-state index in [1.54, 1.807) is 18.2 Å². The number of carbonyl (C=O) groups is 1. The summed E-state index contributed by atoms with van der Waals surface area (Å²) < 4.78 is 4.47. The zero-order chi connectivity index (χ0) is 9.68. The SMILES string of the molecule is CC(=O)Nc1cccc(O[C]=O)c1. The van der Waals surface area contributed by atoms with Gasteiger partial charge in [-0.15, -0.1) is 0 Å². The van der Waals surface area contributed by atoms with Gasteiger partial charge in [0.2, 0.25) is 5.91 Å². The summed E-state index contributed by atoms with van der Waals surface area (Å²) in [7, 11) is 0. The van der Waals surface area contributed by atoms with E-state index in [9.17, 15) is 9.59 Å². The Kier molecular flexibility index (Phi) is 3.03. The van der Waals surface area contributed by atoms with Gasteiger partial charge in [-0.25, -0.2) is 4.79 Å². The molecule has 0 aliphatic rings. The molecule has 0 unspecified atom stereocenters. The Labute approximate surface area is 75.5 Å². The van der Waals surface area contributed by atoms with Crippen LogP contribution in [0.5, 0.6) is 5.75 Å². The normalized spacial score (nSPS) is 9.00. The number of carbonyl (C=O) groups excluding carboxylic acids is 2. The molecule has 0 saturated carbocycles.